The Labute approximate surface area is 196 Å². The molecule has 0 spiro atoms. The van der Waals surface area contributed by atoms with Gasteiger partial charge in [0.05, 0.1) is 18.2 Å². The number of aromatic nitrogens is 1. The average Bonchev–Trinajstić information content (AvgIpc) is 3.15. The molecule has 8 heteroatoms. The van der Waals surface area contributed by atoms with Gasteiger partial charge in [-0.2, -0.15) is 0 Å². The van der Waals surface area contributed by atoms with Crippen LogP contribution in [-0.4, -0.2) is 41.9 Å². The number of Topliss-reactive ketones (excluding diaryl/α,β-unsaturated/α-hetero) is 1. The van der Waals surface area contributed by atoms with Crippen molar-refractivity contribution in [1.29, 1.82) is 0 Å². The molecule has 0 radical (unpaired) electrons. The van der Waals surface area contributed by atoms with E-state index in [-0.39, 0.29) is 11.7 Å². The fourth-order valence-electron chi connectivity index (χ4n) is 4.11. The van der Waals surface area contributed by atoms with Crippen LogP contribution in [0, 0.1) is 13.8 Å². The van der Waals surface area contributed by atoms with Crippen LogP contribution in [0.15, 0.2) is 48.5 Å². The monoisotopic (exact) mass is 460 g/mol. The standard InChI is InChI=1S/C26H24N2O6/c1-15-12-21(16(2)28(15)20-8-4-17(5-9-20)25(31)33-3)23(29)14-34-26(32)19-6-10-22-18(13-19)7-11-24(30)27-22/h4-6,8-10,12-13H,7,11,14H2,1-3H3,(H,27,30). The summed E-state index contributed by atoms with van der Waals surface area (Å²) >= 11 is 0. The number of anilines is 1. The molecular formula is C26H24N2O6. The van der Waals surface area contributed by atoms with Crippen LogP contribution in [0.5, 0.6) is 0 Å². The maximum Gasteiger partial charge on any atom is 0.338 e. The third-order valence-electron chi connectivity index (χ3n) is 5.85. The van der Waals surface area contributed by atoms with Gasteiger partial charge in [0.15, 0.2) is 6.61 Å². The zero-order valence-corrected chi connectivity index (χ0v) is 19.1. The van der Waals surface area contributed by atoms with E-state index in [9.17, 15) is 19.2 Å². The molecular weight excluding hydrogens is 436 g/mol. The second-order valence-corrected chi connectivity index (χ2v) is 8.08. The number of rotatable bonds is 6. The molecule has 1 N–H and O–H groups in total. The number of esters is 2. The Morgan fingerprint density at radius 1 is 0.941 bits per heavy atom. The van der Waals surface area contributed by atoms with Crippen molar-refractivity contribution in [1.82, 2.24) is 4.57 Å². The first-order valence-corrected chi connectivity index (χ1v) is 10.8. The minimum absolute atomic E-state index is 0.0505. The molecule has 0 fully saturated rings. The van der Waals surface area contributed by atoms with Gasteiger partial charge in [0.1, 0.15) is 0 Å². The summed E-state index contributed by atoms with van der Waals surface area (Å²) in [6.45, 7) is 3.29. The van der Waals surface area contributed by atoms with Gasteiger partial charge in [0.2, 0.25) is 11.7 Å². The summed E-state index contributed by atoms with van der Waals surface area (Å²) in [5.41, 5.74) is 5.09. The number of carbonyl (C=O) groups excluding carboxylic acids is 4. The Kier molecular flexibility index (Phi) is 6.32. The van der Waals surface area contributed by atoms with Crippen LogP contribution in [0.2, 0.25) is 0 Å². The van der Waals surface area contributed by atoms with E-state index in [4.69, 9.17) is 9.47 Å². The molecule has 8 nitrogen and oxygen atoms in total. The van der Waals surface area contributed by atoms with Gasteiger partial charge in [-0.15, -0.1) is 0 Å². The second kappa shape index (κ2) is 9.35. The highest BCUT2D eigenvalue weighted by molar-refractivity contribution is 6.01. The number of hydrogen-bond acceptors (Lipinski definition) is 6. The summed E-state index contributed by atoms with van der Waals surface area (Å²) in [5.74, 6) is -1.39. The van der Waals surface area contributed by atoms with Gasteiger partial charge < -0.3 is 19.4 Å². The Balaban J connectivity index is 1.46. The van der Waals surface area contributed by atoms with Gasteiger partial charge in [-0.05, 0) is 74.4 Å². The summed E-state index contributed by atoms with van der Waals surface area (Å²) in [6, 6.07) is 13.6. The molecule has 0 saturated heterocycles. The lowest BCUT2D eigenvalue weighted by atomic mass is 10.0. The first-order valence-electron chi connectivity index (χ1n) is 10.8. The Hall–Kier alpha value is -4.20. The van der Waals surface area contributed by atoms with E-state index in [1.165, 1.54) is 7.11 Å². The van der Waals surface area contributed by atoms with E-state index in [2.05, 4.69) is 5.32 Å². The number of methoxy groups -OCH3 is 1. The van der Waals surface area contributed by atoms with Crippen molar-refractivity contribution in [3.05, 3.63) is 82.2 Å². The fourth-order valence-corrected chi connectivity index (χ4v) is 4.11. The largest absolute Gasteiger partial charge is 0.465 e. The molecule has 34 heavy (non-hydrogen) atoms. The summed E-state index contributed by atoms with van der Waals surface area (Å²) in [6.07, 6.45) is 0.916. The molecule has 0 aliphatic carbocycles. The lowest BCUT2D eigenvalue weighted by Gasteiger charge is -2.17. The number of carbonyl (C=O) groups is 4. The van der Waals surface area contributed by atoms with E-state index < -0.39 is 18.5 Å². The highest BCUT2D eigenvalue weighted by Gasteiger charge is 2.21. The number of fused-ring (bicyclic) bond motifs is 1. The molecule has 0 unspecified atom stereocenters. The van der Waals surface area contributed by atoms with Crippen LogP contribution in [0.25, 0.3) is 5.69 Å². The minimum Gasteiger partial charge on any atom is -0.465 e. The van der Waals surface area contributed by atoms with Gasteiger partial charge in [-0.25, -0.2) is 9.59 Å². The predicted molar refractivity (Wildman–Crippen MR) is 125 cm³/mol. The molecule has 0 bridgehead atoms. The number of benzene rings is 2. The van der Waals surface area contributed by atoms with Gasteiger partial charge in [0.25, 0.3) is 0 Å². The highest BCUT2D eigenvalue weighted by atomic mass is 16.5. The van der Waals surface area contributed by atoms with Crippen LogP contribution in [-0.2, 0) is 20.7 Å². The maximum absolute atomic E-state index is 12.8. The third-order valence-corrected chi connectivity index (χ3v) is 5.85. The maximum atomic E-state index is 12.8. The highest BCUT2D eigenvalue weighted by Crippen LogP contribution is 2.25. The summed E-state index contributed by atoms with van der Waals surface area (Å²) in [4.78, 5) is 48.5. The van der Waals surface area contributed by atoms with Gasteiger partial charge in [-0.1, -0.05) is 0 Å². The second-order valence-electron chi connectivity index (χ2n) is 8.08. The van der Waals surface area contributed by atoms with Crippen LogP contribution in [0.4, 0.5) is 5.69 Å². The molecule has 1 aromatic heterocycles. The zero-order chi connectivity index (χ0) is 24.4. The molecule has 174 valence electrons. The topological polar surface area (TPSA) is 104 Å². The summed E-state index contributed by atoms with van der Waals surface area (Å²) in [7, 11) is 1.33. The lowest BCUT2D eigenvalue weighted by Crippen LogP contribution is -2.20. The SMILES string of the molecule is COC(=O)c1ccc(-n2c(C)cc(C(=O)COC(=O)c3ccc4c(c3)CCC(=O)N4)c2C)cc1. The van der Waals surface area contributed by atoms with Gasteiger partial charge >= 0.3 is 11.9 Å². The normalized spacial score (nSPS) is 12.5. The molecule has 1 amide bonds. The van der Waals surface area contributed by atoms with Crippen molar-refractivity contribution < 1.29 is 28.7 Å². The van der Waals surface area contributed by atoms with Crippen LogP contribution in [0.1, 0.15) is 54.4 Å². The number of ketones is 1. The smallest absolute Gasteiger partial charge is 0.338 e. The predicted octanol–water partition coefficient (Wildman–Crippen LogP) is 3.81. The molecule has 1 aliphatic rings. The average molecular weight is 460 g/mol. The van der Waals surface area contributed by atoms with Crippen molar-refractivity contribution >= 4 is 29.3 Å². The summed E-state index contributed by atoms with van der Waals surface area (Å²) in [5, 5.41) is 2.77. The van der Waals surface area contributed by atoms with Crippen molar-refractivity contribution in [2.24, 2.45) is 0 Å². The first-order chi connectivity index (χ1) is 16.3. The van der Waals surface area contributed by atoms with Crippen LogP contribution >= 0.6 is 0 Å². The Morgan fingerprint density at radius 3 is 2.35 bits per heavy atom. The van der Waals surface area contributed by atoms with Crippen molar-refractivity contribution in [2.45, 2.75) is 26.7 Å². The number of aryl methyl sites for hydroxylation is 2. The third kappa shape index (κ3) is 4.47. The van der Waals surface area contributed by atoms with E-state index in [0.29, 0.717) is 40.9 Å². The molecule has 2 heterocycles. The molecule has 3 aromatic rings. The van der Waals surface area contributed by atoms with E-state index in [0.717, 1.165) is 16.9 Å². The van der Waals surface area contributed by atoms with E-state index in [1.54, 1.807) is 48.5 Å². The number of nitrogens with one attached hydrogen (secondary N) is 1. The zero-order valence-electron chi connectivity index (χ0n) is 19.1. The van der Waals surface area contributed by atoms with Crippen molar-refractivity contribution in [3.8, 4) is 5.69 Å². The van der Waals surface area contributed by atoms with E-state index in [1.807, 2.05) is 18.4 Å². The fraction of sp³-hybridized carbons (Fsp3) is 0.231. The van der Waals surface area contributed by atoms with Crippen molar-refractivity contribution in [3.63, 3.8) is 0 Å². The Morgan fingerprint density at radius 2 is 1.65 bits per heavy atom. The quantitative estimate of drug-likeness (QED) is 0.443. The van der Waals surface area contributed by atoms with Crippen LogP contribution < -0.4 is 5.32 Å². The van der Waals surface area contributed by atoms with Crippen LogP contribution in [0.3, 0.4) is 0 Å². The van der Waals surface area contributed by atoms with E-state index >= 15 is 0 Å². The van der Waals surface area contributed by atoms with Crippen molar-refractivity contribution in [2.75, 3.05) is 19.0 Å². The molecule has 0 atom stereocenters. The minimum atomic E-state index is -0.597. The van der Waals surface area contributed by atoms with Gasteiger partial charge in [-0.3, -0.25) is 9.59 Å². The number of nitrogens with zero attached hydrogens (tertiary/aromatic N) is 1. The van der Waals surface area contributed by atoms with Gasteiger partial charge in [0, 0.05) is 34.7 Å². The molecule has 0 saturated carbocycles. The molecule has 1 aliphatic heterocycles. The summed E-state index contributed by atoms with van der Waals surface area (Å²) < 4.78 is 11.9. The number of amides is 1. The molecule has 2 aromatic carbocycles. The number of ether oxygens (including phenoxy) is 2. The lowest BCUT2D eigenvalue weighted by molar-refractivity contribution is -0.116. The Bertz CT molecular complexity index is 1300. The molecule has 4 rings (SSSR count). The first kappa shape index (κ1) is 23.0. The number of hydrogen-bond donors (Lipinski definition) is 1.